The number of methoxy groups -OCH3 is 1. The summed E-state index contributed by atoms with van der Waals surface area (Å²) in [4.78, 5) is 41.8. The fourth-order valence-corrected chi connectivity index (χ4v) is 4.24. The summed E-state index contributed by atoms with van der Waals surface area (Å²) in [6.45, 7) is 2.34. The molecule has 0 fully saturated rings. The summed E-state index contributed by atoms with van der Waals surface area (Å²) >= 11 is 0. The van der Waals surface area contributed by atoms with Gasteiger partial charge in [-0.05, 0) is 43.4 Å². The molecular formula is C27H35N5O5. The molecule has 1 aromatic carbocycles. The molecule has 0 spiro atoms. The molecule has 5 N–H and O–H groups in total. The summed E-state index contributed by atoms with van der Waals surface area (Å²) in [5.74, 6) is -1.36. The Morgan fingerprint density at radius 2 is 1.95 bits per heavy atom. The van der Waals surface area contributed by atoms with Crippen molar-refractivity contribution >= 4 is 29.2 Å². The van der Waals surface area contributed by atoms with E-state index in [4.69, 9.17) is 20.6 Å². The summed E-state index contributed by atoms with van der Waals surface area (Å²) < 4.78 is 5.18. The van der Waals surface area contributed by atoms with Crippen LogP contribution in [0.4, 0.5) is 5.69 Å². The second kappa shape index (κ2) is 14.2. The van der Waals surface area contributed by atoms with Crippen LogP contribution in [0.3, 0.4) is 0 Å². The van der Waals surface area contributed by atoms with Crippen LogP contribution in [0.25, 0.3) is 0 Å². The number of ether oxygens (including phenoxy) is 1. The zero-order valence-corrected chi connectivity index (χ0v) is 21.2. The van der Waals surface area contributed by atoms with Gasteiger partial charge in [-0.2, -0.15) is 0 Å². The van der Waals surface area contributed by atoms with Gasteiger partial charge in [0.1, 0.15) is 11.8 Å². The Morgan fingerprint density at radius 1 is 1.14 bits per heavy atom. The number of nitrogens with two attached hydrogens (primary N) is 1. The van der Waals surface area contributed by atoms with Crippen LogP contribution < -0.4 is 16.4 Å². The lowest BCUT2D eigenvalue weighted by Gasteiger charge is -2.16. The Bertz CT molecular complexity index is 1130. The maximum atomic E-state index is 11.6. The van der Waals surface area contributed by atoms with Gasteiger partial charge in [0.2, 0.25) is 5.91 Å². The summed E-state index contributed by atoms with van der Waals surface area (Å²) in [5, 5.41) is 14.6. The number of nitrogens with zero attached hydrogens (tertiary/aromatic N) is 2. The molecule has 0 aliphatic carbocycles. The molecule has 0 radical (unpaired) electrons. The second-order valence-corrected chi connectivity index (χ2v) is 8.93. The number of aromatic nitrogens is 1. The smallest absolute Gasteiger partial charge is 0.303 e. The number of carbonyl (C=O) groups is 3. The number of fused-ring (bicyclic) bond motifs is 2. The molecule has 0 bridgehead atoms. The van der Waals surface area contributed by atoms with Gasteiger partial charge in [0, 0.05) is 63.0 Å². The number of amides is 2. The van der Waals surface area contributed by atoms with Gasteiger partial charge in [0.15, 0.2) is 0 Å². The van der Waals surface area contributed by atoms with Crippen LogP contribution in [0, 0.1) is 0 Å². The van der Waals surface area contributed by atoms with Crippen molar-refractivity contribution in [2.75, 3.05) is 20.2 Å². The van der Waals surface area contributed by atoms with Crippen molar-refractivity contribution in [2.24, 2.45) is 10.7 Å². The average molecular weight is 510 g/mol. The molecule has 1 aromatic heterocycles. The fourth-order valence-electron chi connectivity index (χ4n) is 4.24. The van der Waals surface area contributed by atoms with E-state index >= 15 is 0 Å². The lowest BCUT2D eigenvalue weighted by molar-refractivity contribution is -0.137. The van der Waals surface area contributed by atoms with E-state index in [1.807, 2.05) is 24.3 Å². The summed E-state index contributed by atoms with van der Waals surface area (Å²) in [5.41, 5.74) is 10.7. The van der Waals surface area contributed by atoms with Crippen LogP contribution in [-0.2, 0) is 38.5 Å². The number of carbonyl (C=O) groups excluding carboxylic acids is 2. The van der Waals surface area contributed by atoms with Crippen molar-refractivity contribution < 1.29 is 24.2 Å². The van der Waals surface area contributed by atoms with Gasteiger partial charge in [-0.15, -0.1) is 0 Å². The molecule has 2 aliphatic rings. The Labute approximate surface area is 216 Å². The lowest BCUT2D eigenvalue weighted by Crippen LogP contribution is -2.27. The minimum atomic E-state index is -0.826. The average Bonchev–Trinajstić information content (AvgIpc) is 3.28. The first-order valence-corrected chi connectivity index (χ1v) is 12.6. The van der Waals surface area contributed by atoms with E-state index < -0.39 is 18.0 Å². The first-order chi connectivity index (χ1) is 17.9. The predicted octanol–water partition coefficient (Wildman–Crippen LogP) is 2.37. The molecule has 4 rings (SSSR count). The molecule has 10 nitrogen and oxygen atoms in total. The number of carboxylic acids is 1. The van der Waals surface area contributed by atoms with Gasteiger partial charge in [-0.3, -0.25) is 19.4 Å². The molecule has 3 heterocycles. The SMILES string of the molecule is COC1C(C(N)=O)=Nc2ccccc21.O=C(O)CCCNC(=O)CCCCc1ccc2c(n1)CCNC2. The lowest BCUT2D eigenvalue weighted by atomic mass is 10.0. The standard InChI is InChI=1S/C17H25N3O3.C10H10N2O2/c21-16(19-10-3-6-17(22)23)5-2-1-4-14-8-7-13-12-18-11-9-15(13)20-14;1-14-9-6-4-2-3-5-7(6)12-8(9)10(11)13/h7-8,18H,1-6,9-12H2,(H,19,21)(H,22,23);2-5,9H,1H3,(H2,11,13). The molecule has 198 valence electrons. The van der Waals surface area contributed by atoms with E-state index in [2.05, 4.69) is 27.8 Å². The minimum Gasteiger partial charge on any atom is -0.481 e. The number of para-hydroxylation sites is 1. The highest BCUT2D eigenvalue weighted by Crippen LogP contribution is 2.35. The van der Waals surface area contributed by atoms with Crippen LogP contribution in [0.1, 0.15) is 60.7 Å². The Morgan fingerprint density at radius 3 is 2.70 bits per heavy atom. The number of primary amides is 1. The molecule has 0 saturated heterocycles. The Kier molecular flexibility index (Phi) is 10.7. The van der Waals surface area contributed by atoms with Crippen molar-refractivity contribution in [3.8, 4) is 0 Å². The molecule has 2 amide bonds. The van der Waals surface area contributed by atoms with E-state index in [0.717, 1.165) is 55.7 Å². The third kappa shape index (κ3) is 8.47. The van der Waals surface area contributed by atoms with E-state index in [0.29, 0.717) is 19.4 Å². The topological polar surface area (TPSA) is 156 Å². The van der Waals surface area contributed by atoms with Gasteiger partial charge in [0.05, 0.1) is 5.69 Å². The molecule has 10 heteroatoms. The van der Waals surface area contributed by atoms with E-state index in [1.54, 1.807) is 0 Å². The largest absolute Gasteiger partial charge is 0.481 e. The van der Waals surface area contributed by atoms with Gasteiger partial charge < -0.3 is 26.2 Å². The number of nitrogens with one attached hydrogen (secondary N) is 2. The van der Waals surface area contributed by atoms with Crippen molar-refractivity contribution in [1.82, 2.24) is 15.6 Å². The first kappa shape index (κ1) is 27.9. The normalized spacial score (nSPS) is 15.5. The van der Waals surface area contributed by atoms with Gasteiger partial charge >= 0.3 is 5.97 Å². The molecule has 2 aromatic rings. The summed E-state index contributed by atoms with van der Waals surface area (Å²) in [6, 6.07) is 11.7. The number of hydrogen-bond acceptors (Lipinski definition) is 7. The summed E-state index contributed by atoms with van der Waals surface area (Å²) in [7, 11) is 1.53. The number of aliphatic imine (C=N–C) groups is 1. The van der Waals surface area contributed by atoms with Crippen LogP contribution in [-0.4, -0.2) is 53.8 Å². The maximum Gasteiger partial charge on any atom is 0.303 e. The number of hydrogen-bond donors (Lipinski definition) is 4. The molecular weight excluding hydrogens is 474 g/mol. The van der Waals surface area contributed by atoms with Gasteiger partial charge in [-0.1, -0.05) is 24.3 Å². The Hall–Kier alpha value is -3.63. The monoisotopic (exact) mass is 509 g/mol. The molecule has 2 aliphatic heterocycles. The van der Waals surface area contributed by atoms with E-state index in [1.165, 1.54) is 18.4 Å². The highest BCUT2D eigenvalue weighted by Gasteiger charge is 2.30. The Balaban J connectivity index is 0.000000231. The maximum absolute atomic E-state index is 11.6. The highest BCUT2D eigenvalue weighted by molar-refractivity contribution is 6.41. The van der Waals surface area contributed by atoms with E-state index in [-0.39, 0.29) is 18.0 Å². The third-order valence-corrected chi connectivity index (χ3v) is 6.15. The van der Waals surface area contributed by atoms with Crippen LogP contribution in [0.2, 0.25) is 0 Å². The first-order valence-electron chi connectivity index (χ1n) is 12.6. The van der Waals surface area contributed by atoms with Crippen LogP contribution >= 0.6 is 0 Å². The number of rotatable bonds is 11. The second-order valence-electron chi connectivity index (χ2n) is 8.93. The van der Waals surface area contributed by atoms with Crippen LogP contribution in [0.5, 0.6) is 0 Å². The van der Waals surface area contributed by atoms with Crippen LogP contribution in [0.15, 0.2) is 41.4 Å². The number of aryl methyl sites for hydroxylation is 1. The number of aliphatic carboxylic acids is 1. The highest BCUT2D eigenvalue weighted by atomic mass is 16.5. The van der Waals surface area contributed by atoms with Crippen molar-refractivity contribution in [2.45, 2.75) is 57.6 Å². The number of pyridine rings is 1. The quantitative estimate of drug-likeness (QED) is 0.339. The number of benzene rings is 1. The van der Waals surface area contributed by atoms with Crippen molar-refractivity contribution in [3.05, 3.63) is 58.9 Å². The van der Waals surface area contributed by atoms with Gasteiger partial charge in [0.25, 0.3) is 5.91 Å². The van der Waals surface area contributed by atoms with E-state index in [9.17, 15) is 14.4 Å². The zero-order chi connectivity index (χ0) is 26.6. The zero-order valence-electron chi connectivity index (χ0n) is 21.2. The van der Waals surface area contributed by atoms with Crippen molar-refractivity contribution in [1.29, 1.82) is 0 Å². The van der Waals surface area contributed by atoms with Gasteiger partial charge in [-0.25, -0.2) is 4.99 Å². The fraction of sp³-hybridized carbons (Fsp3) is 0.444. The third-order valence-electron chi connectivity index (χ3n) is 6.15. The number of unbranched alkanes of at least 4 members (excludes halogenated alkanes) is 1. The molecule has 1 atom stereocenters. The molecule has 37 heavy (non-hydrogen) atoms. The molecule has 1 unspecified atom stereocenters. The predicted molar refractivity (Wildman–Crippen MR) is 140 cm³/mol. The summed E-state index contributed by atoms with van der Waals surface area (Å²) in [6.07, 6.45) is 4.30. The number of carboxylic acid groups (broad SMARTS) is 1. The minimum absolute atomic E-state index is 0.000127. The molecule has 0 saturated carbocycles. The van der Waals surface area contributed by atoms with Crippen molar-refractivity contribution in [3.63, 3.8) is 0 Å².